The zero-order chi connectivity index (χ0) is 18.2. The van der Waals surface area contributed by atoms with E-state index in [0.29, 0.717) is 5.92 Å². The molecule has 5 fully saturated rings. The molecule has 4 aliphatic heterocycles. The first-order valence-electron chi connectivity index (χ1n) is 10.2. The Bertz CT molecular complexity index is 712. The summed E-state index contributed by atoms with van der Waals surface area (Å²) in [5, 5.41) is 2.16. The van der Waals surface area contributed by atoms with Crippen LogP contribution < -0.4 is 0 Å². The first kappa shape index (κ1) is 16.9. The topological polar surface area (TPSA) is 49.4 Å². The van der Waals surface area contributed by atoms with Gasteiger partial charge < -0.3 is 18.9 Å². The molecule has 0 aromatic heterocycles. The van der Waals surface area contributed by atoms with Gasteiger partial charge in [0.2, 0.25) is 0 Å². The first-order valence-corrected chi connectivity index (χ1v) is 10.2. The summed E-state index contributed by atoms with van der Waals surface area (Å²) < 4.78 is 25.1. The summed E-state index contributed by atoms with van der Waals surface area (Å²) in [6, 6.07) is 10.7. The highest BCUT2D eigenvalue weighted by molar-refractivity contribution is 5.16. The SMILES string of the molecule is CC1(C)O[C@H]2O[C@H]3[C@H](O[C@@H]4CCC[C@H]5ON(Cc6ccccc6)[C@@H]3[C@@H]45)[C@H]2O1. The molecule has 1 aromatic rings. The molecule has 6 heteroatoms. The lowest BCUT2D eigenvalue weighted by Gasteiger charge is -2.45. The number of hydrogen-bond donors (Lipinski definition) is 0. The monoisotopic (exact) mass is 373 g/mol. The zero-order valence-corrected chi connectivity index (χ0v) is 15.8. The van der Waals surface area contributed by atoms with Crippen LogP contribution in [0.15, 0.2) is 30.3 Å². The van der Waals surface area contributed by atoms with Gasteiger partial charge in [-0.25, -0.2) is 0 Å². The third-order valence-corrected chi connectivity index (χ3v) is 6.71. The van der Waals surface area contributed by atoms with E-state index in [-0.39, 0.29) is 42.9 Å². The van der Waals surface area contributed by atoms with Crippen LogP contribution in [0.4, 0.5) is 0 Å². The highest BCUT2D eigenvalue weighted by Crippen LogP contribution is 2.51. The maximum Gasteiger partial charge on any atom is 0.190 e. The van der Waals surface area contributed by atoms with Crippen molar-refractivity contribution in [3.05, 3.63) is 35.9 Å². The third kappa shape index (κ3) is 2.62. The fraction of sp³-hybridized carbons (Fsp3) is 0.714. The smallest absolute Gasteiger partial charge is 0.190 e. The minimum Gasteiger partial charge on any atom is -0.369 e. The standard InChI is InChI=1S/C21H27NO5/c1-21(2)25-19-18-17(24-20(19)26-21)16-15-13(23-18)9-6-10-14(15)27-22(16)11-12-7-4-3-5-8-12/h3-5,7-8,13-20H,6,9-11H2,1-2H3/t13-,14-,15+,16-,17-,18+,19-,20-/m1/s1. The third-order valence-electron chi connectivity index (χ3n) is 6.71. The van der Waals surface area contributed by atoms with Gasteiger partial charge in [-0.2, -0.15) is 5.06 Å². The molecular weight excluding hydrogens is 346 g/mol. The Kier molecular flexibility index (Phi) is 3.75. The van der Waals surface area contributed by atoms with E-state index in [1.54, 1.807) is 0 Å². The second-order valence-electron chi connectivity index (χ2n) is 8.91. The van der Waals surface area contributed by atoms with E-state index >= 15 is 0 Å². The number of fused-ring (bicyclic) bond motifs is 4. The summed E-state index contributed by atoms with van der Waals surface area (Å²) in [6.07, 6.45) is 3.07. The highest BCUT2D eigenvalue weighted by Gasteiger charge is 2.66. The normalized spacial score (nSPS) is 47.5. The summed E-state index contributed by atoms with van der Waals surface area (Å²) in [6.45, 7) is 4.64. The maximum atomic E-state index is 6.56. The van der Waals surface area contributed by atoms with Crippen LogP contribution in [0.1, 0.15) is 38.7 Å². The second kappa shape index (κ2) is 5.99. The lowest BCUT2D eigenvalue weighted by Crippen LogP contribution is -2.59. The van der Waals surface area contributed by atoms with Gasteiger partial charge in [0, 0.05) is 12.5 Å². The van der Waals surface area contributed by atoms with Crippen LogP contribution in [0.2, 0.25) is 0 Å². The van der Waals surface area contributed by atoms with Crippen molar-refractivity contribution in [3.8, 4) is 0 Å². The Morgan fingerprint density at radius 2 is 1.78 bits per heavy atom. The number of hydroxylamine groups is 2. The zero-order valence-electron chi connectivity index (χ0n) is 15.8. The van der Waals surface area contributed by atoms with Gasteiger partial charge in [-0.05, 0) is 38.7 Å². The number of benzene rings is 1. The molecule has 0 bridgehead atoms. The fourth-order valence-corrected chi connectivity index (χ4v) is 5.73. The Morgan fingerprint density at radius 3 is 2.63 bits per heavy atom. The molecule has 0 unspecified atom stereocenters. The van der Waals surface area contributed by atoms with Crippen molar-refractivity contribution in [1.82, 2.24) is 5.06 Å². The minimum absolute atomic E-state index is 0.0795. The van der Waals surface area contributed by atoms with Crippen LogP contribution in [0.5, 0.6) is 0 Å². The maximum absolute atomic E-state index is 6.56. The van der Waals surface area contributed by atoms with Gasteiger partial charge in [0.05, 0.1) is 18.2 Å². The predicted octanol–water partition coefficient (Wildman–Crippen LogP) is 2.61. The van der Waals surface area contributed by atoms with Crippen molar-refractivity contribution in [2.24, 2.45) is 5.92 Å². The van der Waals surface area contributed by atoms with Crippen LogP contribution in [-0.4, -0.2) is 53.7 Å². The van der Waals surface area contributed by atoms with Gasteiger partial charge in [-0.3, -0.25) is 4.84 Å². The van der Waals surface area contributed by atoms with Gasteiger partial charge in [-0.1, -0.05) is 30.3 Å². The molecule has 1 aliphatic carbocycles. The first-order chi connectivity index (χ1) is 13.1. The largest absolute Gasteiger partial charge is 0.369 e. The van der Waals surface area contributed by atoms with E-state index in [1.807, 2.05) is 19.9 Å². The lowest BCUT2D eigenvalue weighted by atomic mass is 9.75. The van der Waals surface area contributed by atoms with Crippen LogP contribution >= 0.6 is 0 Å². The van der Waals surface area contributed by atoms with E-state index in [1.165, 1.54) is 5.56 Å². The number of ether oxygens (including phenoxy) is 4. The van der Waals surface area contributed by atoms with Gasteiger partial charge in [0.25, 0.3) is 0 Å². The summed E-state index contributed by atoms with van der Waals surface area (Å²) >= 11 is 0. The van der Waals surface area contributed by atoms with Crippen molar-refractivity contribution in [2.45, 2.75) is 88.3 Å². The quantitative estimate of drug-likeness (QED) is 0.794. The molecule has 8 atom stereocenters. The fourth-order valence-electron chi connectivity index (χ4n) is 5.73. The molecule has 6 nitrogen and oxygen atoms in total. The van der Waals surface area contributed by atoms with Gasteiger partial charge >= 0.3 is 0 Å². The average molecular weight is 373 g/mol. The van der Waals surface area contributed by atoms with Crippen molar-refractivity contribution in [3.63, 3.8) is 0 Å². The molecule has 27 heavy (non-hydrogen) atoms. The molecule has 146 valence electrons. The molecule has 4 heterocycles. The highest BCUT2D eigenvalue weighted by atomic mass is 16.8. The van der Waals surface area contributed by atoms with Crippen molar-refractivity contribution in [2.75, 3.05) is 0 Å². The summed E-state index contributed by atoms with van der Waals surface area (Å²) in [7, 11) is 0. The minimum atomic E-state index is -0.620. The van der Waals surface area contributed by atoms with Gasteiger partial charge in [0.15, 0.2) is 12.1 Å². The molecule has 5 aliphatic rings. The van der Waals surface area contributed by atoms with Gasteiger partial charge in [-0.15, -0.1) is 0 Å². The van der Waals surface area contributed by atoms with Crippen molar-refractivity contribution >= 4 is 0 Å². The summed E-state index contributed by atoms with van der Waals surface area (Å²) in [5.41, 5.74) is 1.25. The summed E-state index contributed by atoms with van der Waals surface area (Å²) in [5.74, 6) is -0.263. The predicted molar refractivity (Wildman–Crippen MR) is 95.3 cm³/mol. The van der Waals surface area contributed by atoms with Crippen LogP contribution in [0, 0.1) is 5.92 Å². The molecule has 0 radical (unpaired) electrons. The number of nitrogens with zero attached hydrogens (tertiary/aromatic N) is 1. The molecule has 1 aromatic carbocycles. The Labute approximate surface area is 159 Å². The Hall–Kier alpha value is -1.02. The van der Waals surface area contributed by atoms with Crippen LogP contribution in [0.25, 0.3) is 0 Å². The van der Waals surface area contributed by atoms with Crippen LogP contribution in [0.3, 0.4) is 0 Å². The van der Waals surface area contributed by atoms with E-state index < -0.39 is 5.79 Å². The molecule has 1 saturated carbocycles. The van der Waals surface area contributed by atoms with E-state index in [4.69, 9.17) is 23.8 Å². The molecular formula is C21H27NO5. The molecule has 6 rings (SSSR count). The molecule has 0 spiro atoms. The van der Waals surface area contributed by atoms with E-state index in [2.05, 4.69) is 29.3 Å². The lowest BCUT2D eigenvalue weighted by molar-refractivity contribution is -0.255. The molecule has 0 N–H and O–H groups in total. The number of hydrogen-bond acceptors (Lipinski definition) is 6. The van der Waals surface area contributed by atoms with E-state index in [0.717, 1.165) is 25.8 Å². The summed E-state index contributed by atoms with van der Waals surface area (Å²) in [4.78, 5) is 6.45. The van der Waals surface area contributed by atoms with Gasteiger partial charge in [0.1, 0.15) is 18.3 Å². The van der Waals surface area contributed by atoms with Crippen molar-refractivity contribution in [1.29, 1.82) is 0 Å². The average Bonchev–Trinajstić information content (AvgIpc) is 3.26. The Morgan fingerprint density at radius 1 is 0.963 bits per heavy atom. The van der Waals surface area contributed by atoms with Crippen LogP contribution in [-0.2, 0) is 30.3 Å². The molecule has 0 amide bonds. The second-order valence-corrected chi connectivity index (χ2v) is 8.91. The van der Waals surface area contributed by atoms with Crippen molar-refractivity contribution < 1.29 is 23.8 Å². The Balaban J connectivity index is 1.32. The van der Waals surface area contributed by atoms with E-state index in [9.17, 15) is 0 Å². The molecule has 4 saturated heterocycles. The number of rotatable bonds is 2.